The van der Waals surface area contributed by atoms with Crippen LogP contribution in [0.3, 0.4) is 0 Å². The van der Waals surface area contributed by atoms with Crippen molar-refractivity contribution in [3.8, 4) is 0 Å². The topological polar surface area (TPSA) is 95.5 Å². The maximum atomic E-state index is 11.3. The maximum Gasteiger partial charge on any atom is 0.306 e. The van der Waals surface area contributed by atoms with E-state index in [2.05, 4.69) is 10.6 Å². The van der Waals surface area contributed by atoms with Gasteiger partial charge in [0.15, 0.2) is 0 Å². The summed E-state index contributed by atoms with van der Waals surface area (Å²) in [4.78, 5) is 32.8. The van der Waals surface area contributed by atoms with Gasteiger partial charge in [0.25, 0.3) is 0 Å². The van der Waals surface area contributed by atoms with Crippen LogP contribution < -0.4 is 10.6 Å². The summed E-state index contributed by atoms with van der Waals surface area (Å²) in [7, 11) is 0. The second kappa shape index (κ2) is 6.22. The van der Waals surface area contributed by atoms with Crippen LogP contribution in [0.2, 0.25) is 0 Å². The highest BCUT2D eigenvalue weighted by Gasteiger charge is 2.32. The molecule has 1 fully saturated rings. The molecule has 17 heavy (non-hydrogen) atoms. The minimum absolute atomic E-state index is 0.00813. The fraction of sp³-hybridized carbons (Fsp3) is 0.727. The number of hydrogen-bond acceptors (Lipinski definition) is 3. The van der Waals surface area contributed by atoms with Crippen LogP contribution in [-0.4, -0.2) is 36.0 Å². The lowest BCUT2D eigenvalue weighted by atomic mass is 9.96. The zero-order chi connectivity index (χ0) is 12.8. The molecule has 0 aromatic heterocycles. The van der Waals surface area contributed by atoms with Crippen LogP contribution in [-0.2, 0) is 14.4 Å². The number of carboxylic acid groups (broad SMARTS) is 1. The normalized spacial score (nSPS) is 23.1. The minimum Gasteiger partial charge on any atom is -0.481 e. The summed E-state index contributed by atoms with van der Waals surface area (Å²) in [5, 5.41) is 14.0. The van der Waals surface area contributed by atoms with E-state index in [-0.39, 0.29) is 30.2 Å². The number of carboxylic acids is 1. The zero-order valence-electron chi connectivity index (χ0n) is 9.86. The van der Waals surface area contributed by atoms with Crippen LogP contribution in [0.15, 0.2) is 0 Å². The Bertz CT molecular complexity index is 317. The number of carbonyl (C=O) groups is 3. The fourth-order valence-electron chi connectivity index (χ4n) is 2.12. The van der Waals surface area contributed by atoms with Crippen LogP contribution in [0.1, 0.15) is 26.2 Å². The lowest BCUT2D eigenvalue weighted by Gasteiger charge is -2.16. The van der Waals surface area contributed by atoms with Crippen LogP contribution in [0.4, 0.5) is 0 Å². The van der Waals surface area contributed by atoms with Gasteiger partial charge >= 0.3 is 5.97 Å². The number of carbonyl (C=O) groups excluding carboxylic acids is 2. The van der Waals surface area contributed by atoms with Gasteiger partial charge in [-0.15, -0.1) is 0 Å². The second-order valence-corrected chi connectivity index (χ2v) is 4.35. The monoisotopic (exact) mass is 242 g/mol. The first-order valence-corrected chi connectivity index (χ1v) is 5.74. The van der Waals surface area contributed by atoms with Crippen molar-refractivity contribution in [2.75, 3.05) is 13.1 Å². The largest absolute Gasteiger partial charge is 0.481 e. The van der Waals surface area contributed by atoms with Crippen molar-refractivity contribution < 1.29 is 19.5 Å². The van der Waals surface area contributed by atoms with E-state index < -0.39 is 5.97 Å². The summed E-state index contributed by atoms with van der Waals surface area (Å²) in [5.41, 5.74) is 0. The summed E-state index contributed by atoms with van der Waals surface area (Å²) in [6, 6.07) is 0. The molecule has 0 aromatic carbocycles. The van der Waals surface area contributed by atoms with E-state index >= 15 is 0 Å². The summed E-state index contributed by atoms with van der Waals surface area (Å²) in [6.07, 6.45) is 2.40. The van der Waals surface area contributed by atoms with E-state index in [1.54, 1.807) is 0 Å². The Hall–Kier alpha value is -1.59. The molecule has 1 aliphatic rings. The Kier molecular flexibility index (Phi) is 4.93. The Balaban J connectivity index is 2.27. The van der Waals surface area contributed by atoms with Gasteiger partial charge in [-0.2, -0.15) is 0 Å². The molecular formula is C11H18N2O4. The molecular weight excluding hydrogens is 224 g/mol. The van der Waals surface area contributed by atoms with Gasteiger partial charge in [-0.05, 0) is 18.8 Å². The summed E-state index contributed by atoms with van der Waals surface area (Å²) in [5.74, 6) is -1.67. The highest BCUT2D eigenvalue weighted by molar-refractivity contribution is 5.83. The molecule has 0 spiro atoms. The molecule has 1 saturated carbocycles. The van der Waals surface area contributed by atoms with Crippen molar-refractivity contribution in [3.63, 3.8) is 0 Å². The third kappa shape index (κ3) is 4.42. The molecule has 2 amide bonds. The van der Waals surface area contributed by atoms with Gasteiger partial charge in [0, 0.05) is 13.5 Å². The van der Waals surface area contributed by atoms with Crippen LogP contribution in [0, 0.1) is 11.8 Å². The lowest BCUT2D eigenvalue weighted by molar-refractivity contribution is -0.143. The van der Waals surface area contributed by atoms with Gasteiger partial charge in [0.2, 0.25) is 11.8 Å². The van der Waals surface area contributed by atoms with E-state index in [9.17, 15) is 14.4 Å². The van der Waals surface area contributed by atoms with E-state index in [0.717, 1.165) is 12.8 Å². The van der Waals surface area contributed by atoms with Crippen LogP contribution in [0.25, 0.3) is 0 Å². The number of rotatable bonds is 5. The number of hydrogen-bond donors (Lipinski definition) is 3. The molecule has 6 heteroatoms. The summed E-state index contributed by atoms with van der Waals surface area (Å²) in [6.45, 7) is 1.65. The molecule has 6 nitrogen and oxygen atoms in total. The summed E-state index contributed by atoms with van der Waals surface area (Å²) >= 11 is 0. The average molecular weight is 242 g/mol. The van der Waals surface area contributed by atoms with Gasteiger partial charge < -0.3 is 15.7 Å². The lowest BCUT2D eigenvalue weighted by Crippen LogP contribution is -2.39. The molecule has 3 N–H and O–H groups in total. The van der Waals surface area contributed by atoms with E-state index in [1.807, 2.05) is 0 Å². The standard InChI is InChI=1S/C11H18N2O4/c1-7(14)12-6-10(15)13-5-8-3-2-4-9(8)11(16)17/h8-9H,2-6H2,1H3,(H,12,14)(H,13,15)(H,16,17). The summed E-state index contributed by atoms with van der Waals surface area (Å²) < 4.78 is 0. The Labute approximate surface area is 99.8 Å². The van der Waals surface area contributed by atoms with Crippen LogP contribution in [0.5, 0.6) is 0 Å². The SMILES string of the molecule is CC(=O)NCC(=O)NCC1CCCC1C(=O)O. The van der Waals surface area contributed by atoms with Crippen molar-refractivity contribution in [1.82, 2.24) is 10.6 Å². The number of aliphatic carboxylic acids is 1. The second-order valence-electron chi connectivity index (χ2n) is 4.35. The highest BCUT2D eigenvalue weighted by atomic mass is 16.4. The first-order valence-electron chi connectivity index (χ1n) is 5.74. The fourth-order valence-corrected chi connectivity index (χ4v) is 2.12. The molecule has 0 bridgehead atoms. The highest BCUT2D eigenvalue weighted by Crippen LogP contribution is 2.31. The molecule has 2 atom stereocenters. The Morgan fingerprint density at radius 3 is 2.53 bits per heavy atom. The molecule has 0 aromatic rings. The molecule has 96 valence electrons. The molecule has 0 heterocycles. The van der Waals surface area contributed by atoms with Crippen molar-refractivity contribution >= 4 is 17.8 Å². The average Bonchev–Trinajstić information content (AvgIpc) is 2.71. The molecule has 1 rings (SSSR count). The first-order chi connectivity index (χ1) is 8.00. The Morgan fingerprint density at radius 2 is 1.94 bits per heavy atom. The molecule has 0 radical (unpaired) electrons. The third-order valence-corrected chi connectivity index (χ3v) is 3.04. The van der Waals surface area contributed by atoms with Gasteiger partial charge in [0.1, 0.15) is 0 Å². The quantitative estimate of drug-likeness (QED) is 0.619. The molecule has 0 aliphatic heterocycles. The molecule has 0 saturated heterocycles. The van der Waals surface area contributed by atoms with E-state index in [1.165, 1.54) is 6.92 Å². The molecule has 1 aliphatic carbocycles. The zero-order valence-corrected chi connectivity index (χ0v) is 9.86. The van der Waals surface area contributed by atoms with E-state index in [4.69, 9.17) is 5.11 Å². The smallest absolute Gasteiger partial charge is 0.306 e. The first kappa shape index (κ1) is 13.5. The Morgan fingerprint density at radius 1 is 1.24 bits per heavy atom. The third-order valence-electron chi connectivity index (χ3n) is 3.04. The van der Waals surface area contributed by atoms with Gasteiger partial charge in [-0.1, -0.05) is 6.42 Å². The van der Waals surface area contributed by atoms with Crippen molar-refractivity contribution in [2.24, 2.45) is 11.8 Å². The predicted octanol–water partition coefficient (Wildman–Crippen LogP) is -0.260. The number of amides is 2. The maximum absolute atomic E-state index is 11.3. The van der Waals surface area contributed by atoms with Crippen molar-refractivity contribution in [1.29, 1.82) is 0 Å². The van der Waals surface area contributed by atoms with Gasteiger partial charge in [-0.3, -0.25) is 14.4 Å². The van der Waals surface area contributed by atoms with Gasteiger partial charge in [0.05, 0.1) is 12.5 Å². The van der Waals surface area contributed by atoms with E-state index in [0.29, 0.717) is 13.0 Å². The number of nitrogens with one attached hydrogen (secondary N) is 2. The van der Waals surface area contributed by atoms with Gasteiger partial charge in [-0.25, -0.2) is 0 Å². The van der Waals surface area contributed by atoms with Crippen LogP contribution >= 0.6 is 0 Å². The molecule has 2 unspecified atom stereocenters. The predicted molar refractivity (Wildman–Crippen MR) is 60.2 cm³/mol. The van der Waals surface area contributed by atoms with Crippen molar-refractivity contribution in [3.05, 3.63) is 0 Å². The minimum atomic E-state index is -0.788. The van der Waals surface area contributed by atoms with Crippen molar-refractivity contribution in [2.45, 2.75) is 26.2 Å².